The number of alkyl halides is 3. The van der Waals surface area contributed by atoms with Gasteiger partial charge in [-0.05, 0) is 19.3 Å². The van der Waals surface area contributed by atoms with Crippen molar-refractivity contribution in [3.05, 3.63) is 17.6 Å². The van der Waals surface area contributed by atoms with E-state index < -0.39 is 11.9 Å². The van der Waals surface area contributed by atoms with Crippen LogP contribution in [0, 0.1) is 0 Å². The molecular weight excluding hydrogens is 231 g/mol. The third-order valence-electron chi connectivity index (χ3n) is 2.53. The maximum Gasteiger partial charge on any atom is 0.433 e. The highest BCUT2D eigenvalue weighted by Crippen LogP contribution is 2.39. The van der Waals surface area contributed by atoms with Gasteiger partial charge in [0.2, 0.25) is 0 Å². The first-order valence-electron chi connectivity index (χ1n) is 5.70. The van der Waals surface area contributed by atoms with Crippen LogP contribution in [0.3, 0.4) is 0 Å². The molecule has 0 spiro atoms. The van der Waals surface area contributed by atoms with Gasteiger partial charge in [0, 0.05) is 18.5 Å². The summed E-state index contributed by atoms with van der Waals surface area (Å²) in [6, 6.07) is 0.974. The SMILES string of the molecule is CCCNc1cc(C(F)(F)F)nc(C2CC2)n1. The van der Waals surface area contributed by atoms with Crippen molar-refractivity contribution in [2.45, 2.75) is 38.3 Å². The molecule has 1 aromatic rings. The van der Waals surface area contributed by atoms with Crippen LogP contribution in [0.1, 0.15) is 43.6 Å². The van der Waals surface area contributed by atoms with Crippen molar-refractivity contribution in [3.8, 4) is 0 Å². The van der Waals surface area contributed by atoms with Gasteiger partial charge >= 0.3 is 6.18 Å². The van der Waals surface area contributed by atoms with Crippen molar-refractivity contribution < 1.29 is 13.2 Å². The molecule has 0 atom stereocenters. The average molecular weight is 245 g/mol. The van der Waals surface area contributed by atoms with Crippen molar-refractivity contribution in [3.63, 3.8) is 0 Å². The van der Waals surface area contributed by atoms with Gasteiger partial charge in [-0.2, -0.15) is 13.2 Å². The van der Waals surface area contributed by atoms with Gasteiger partial charge in [-0.15, -0.1) is 0 Å². The van der Waals surface area contributed by atoms with Crippen molar-refractivity contribution in [2.24, 2.45) is 0 Å². The smallest absolute Gasteiger partial charge is 0.370 e. The van der Waals surface area contributed by atoms with Crippen molar-refractivity contribution in [1.29, 1.82) is 0 Å². The molecule has 0 aliphatic heterocycles. The molecule has 0 unspecified atom stereocenters. The predicted molar refractivity (Wildman–Crippen MR) is 57.8 cm³/mol. The standard InChI is InChI=1S/C11H14F3N3/c1-2-5-15-9-6-8(11(12,13)14)16-10(17-9)7-3-4-7/h6-7H,2-5H2,1H3,(H,15,16,17). The largest absolute Gasteiger partial charge is 0.433 e. The third kappa shape index (κ3) is 3.08. The average Bonchev–Trinajstić information content (AvgIpc) is 3.08. The van der Waals surface area contributed by atoms with Crippen LogP contribution >= 0.6 is 0 Å². The molecule has 2 rings (SSSR count). The fourth-order valence-corrected chi connectivity index (χ4v) is 1.48. The molecule has 1 N–H and O–H groups in total. The van der Waals surface area contributed by atoms with Crippen molar-refractivity contribution in [1.82, 2.24) is 9.97 Å². The van der Waals surface area contributed by atoms with E-state index in [-0.39, 0.29) is 11.7 Å². The second kappa shape index (κ2) is 4.50. The maximum atomic E-state index is 12.6. The lowest BCUT2D eigenvalue weighted by atomic mass is 10.3. The molecule has 1 heterocycles. The summed E-state index contributed by atoms with van der Waals surface area (Å²) < 4.78 is 37.9. The van der Waals surface area contributed by atoms with Crippen LogP contribution in [0.2, 0.25) is 0 Å². The van der Waals surface area contributed by atoms with Crippen LogP contribution in [0.4, 0.5) is 19.0 Å². The van der Waals surface area contributed by atoms with Crippen LogP contribution in [0.25, 0.3) is 0 Å². The summed E-state index contributed by atoms with van der Waals surface area (Å²) in [4.78, 5) is 7.72. The molecule has 1 aliphatic carbocycles. The molecule has 6 heteroatoms. The summed E-state index contributed by atoms with van der Waals surface area (Å²) in [6.07, 6.45) is -1.80. The third-order valence-corrected chi connectivity index (χ3v) is 2.53. The van der Waals surface area contributed by atoms with Gasteiger partial charge in [0.05, 0.1) is 0 Å². The zero-order chi connectivity index (χ0) is 12.5. The summed E-state index contributed by atoms with van der Waals surface area (Å²) in [7, 11) is 0. The summed E-state index contributed by atoms with van der Waals surface area (Å²) in [5.74, 6) is 0.703. The lowest BCUT2D eigenvalue weighted by Gasteiger charge is -2.11. The zero-order valence-electron chi connectivity index (χ0n) is 9.51. The minimum Gasteiger partial charge on any atom is -0.370 e. The molecule has 3 nitrogen and oxygen atoms in total. The minimum absolute atomic E-state index is 0.111. The number of nitrogens with zero attached hydrogens (tertiary/aromatic N) is 2. The first-order valence-corrected chi connectivity index (χ1v) is 5.70. The Hall–Kier alpha value is -1.33. The normalized spacial score (nSPS) is 16.0. The maximum absolute atomic E-state index is 12.6. The molecule has 0 saturated heterocycles. The first kappa shape index (κ1) is 12.1. The first-order chi connectivity index (χ1) is 8.00. The molecule has 0 amide bonds. The molecule has 0 radical (unpaired) electrons. The lowest BCUT2D eigenvalue weighted by Crippen LogP contribution is -2.13. The van der Waals surface area contributed by atoms with Crippen LogP contribution < -0.4 is 5.32 Å². The van der Waals surface area contributed by atoms with E-state index in [1.54, 1.807) is 0 Å². The summed E-state index contributed by atoms with van der Waals surface area (Å²) in [6.45, 7) is 2.55. The lowest BCUT2D eigenvalue weighted by molar-refractivity contribution is -0.141. The Labute approximate surface area is 97.5 Å². The zero-order valence-corrected chi connectivity index (χ0v) is 9.51. The fraction of sp³-hybridized carbons (Fsp3) is 0.636. The number of hydrogen-bond donors (Lipinski definition) is 1. The second-order valence-electron chi connectivity index (χ2n) is 4.20. The van der Waals surface area contributed by atoms with E-state index in [1.807, 2.05) is 6.92 Å². The van der Waals surface area contributed by atoms with Gasteiger partial charge in [-0.3, -0.25) is 0 Å². The summed E-state index contributed by atoms with van der Waals surface area (Å²) in [5, 5.41) is 2.88. The van der Waals surface area contributed by atoms with E-state index in [0.29, 0.717) is 12.4 Å². The number of halogens is 3. The quantitative estimate of drug-likeness (QED) is 0.885. The number of nitrogens with one attached hydrogen (secondary N) is 1. The predicted octanol–water partition coefficient (Wildman–Crippen LogP) is 3.19. The highest BCUT2D eigenvalue weighted by Gasteiger charge is 2.36. The fourth-order valence-electron chi connectivity index (χ4n) is 1.48. The minimum atomic E-state index is -4.41. The molecule has 1 aromatic heterocycles. The Morgan fingerprint density at radius 1 is 1.35 bits per heavy atom. The Balaban J connectivity index is 2.28. The van der Waals surface area contributed by atoms with Crippen molar-refractivity contribution >= 4 is 5.82 Å². The summed E-state index contributed by atoms with van der Waals surface area (Å²) >= 11 is 0. The van der Waals surface area contributed by atoms with Crippen LogP contribution in [-0.4, -0.2) is 16.5 Å². The summed E-state index contributed by atoms with van der Waals surface area (Å²) in [5.41, 5.74) is -0.854. The molecule has 0 aromatic carbocycles. The van der Waals surface area contributed by atoms with Crippen LogP contribution in [0.5, 0.6) is 0 Å². The van der Waals surface area contributed by atoms with Gasteiger partial charge in [0.15, 0.2) is 0 Å². The van der Waals surface area contributed by atoms with Gasteiger partial charge < -0.3 is 5.32 Å². The molecule has 1 fully saturated rings. The van der Waals surface area contributed by atoms with Gasteiger partial charge in [-0.1, -0.05) is 6.92 Å². The number of aromatic nitrogens is 2. The van der Waals surface area contributed by atoms with Crippen LogP contribution in [0.15, 0.2) is 6.07 Å². The van der Waals surface area contributed by atoms with Crippen LogP contribution in [-0.2, 0) is 6.18 Å². The Bertz CT molecular complexity index is 399. The van der Waals surface area contributed by atoms with E-state index in [4.69, 9.17) is 0 Å². The molecule has 1 saturated carbocycles. The van der Waals surface area contributed by atoms with E-state index in [1.165, 1.54) is 0 Å². The van der Waals surface area contributed by atoms with Gasteiger partial charge in [0.25, 0.3) is 0 Å². The molecule has 1 aliphatic rings. The van der Waals surface area contributed by atoms with E-state index in [2.05, 4.69) is 15.3 Å². The van der Waals surface area contributed by atoms with E-state index >= 15 is 0 Å². The van der Waals surface area contributed by atoms with Crippen molar-refractivity contribution in [2.75, 3.05) is 11.9 Å². The number of hydrogen-bond acceptors (Lipinski definition) is 3. The van der Waals surface area contributed by atoms with Gasteiger partial charge in [-0.25, -0.2) is 9.97 Å². The molecule has 17 heavy (non-hydrogen) atoms. The monoisotopic (exact) mass is 245 g/mol. The molecule has 94 valence electrons. The van der Waals surface area contributed by atoms with E-state index in [9.17, 15) is 13.2 Å². The Kier molecular flexibility index (Phi) is 3.22. The number of rotatable bonds is 4. The highest BCUT2D eigenvalue weighted by molar-refractivity contribution is 5.37. The molecule has 0 bridgehead atoms. The topological polar surface area (TPSA) is 37.8 Å². The van der Waals surface area contributed by atoms with Gasteiger partial charge in [0.1, 0.15) is 17.3 Å². The molecular formula is C11H14F3N3. The van der Waals surface area contributed by atoms with E-state index in [0.717, 1.165) is 25.3 Å². The highest BCUT2D eigenvalue weighted by atomic mass is 19.4. The Morgan fingerprint density at radius 3 is 2.59 bits per heavy atom. The second-order valence-corrected chi connectivity index (χ2v) is 4.20. The Morgan fingerprint density at radius 2 is 2.06 bits per heavy atom. The number of anilines is 1.